The van der Waals surface area contributed by atoms with Crippen molar-refractivity contribution in [2.24, 2.45) is 0 Å². The number of rotatable bonds is 5. The van der Waals surface area contributed by atoms with E-state index in [1.165, 1.54) is 27.8 Å². The third kappa shape index (κ3) is 3.48. The van der Waals surface area contributed by atoms with Crippen molar-refractivity contribution in [2.75, 3.05) is 5.73 Å². The standard InChI is InChI=1S/C31H25N/c32-30-22-18-25(19-23-30)24-16-20-29(21-17-24)31(26-10-4-1-5-11-26,27-12-6-2-7-13-27)28-14-8-3-9-15-28/h1-23H,32H2. The Kier molecular flexibility index (Phi) is 5.31. The zero-order valence-corrected chi connectivity index (χ0v) is 17.9. The molecule has 154 valence electrons. The van der Waals surface area contributed by atoms with Crippen LogP contribution in [0.5, 0.6) is 0 Å². The average Bonchev–Trinajstić information content (AvgIpc) is 2.88. The molecule has 0 aliphatic heterocycles. The number of nitrogens with two attached hydrogens (primary N) is 1. The second-order valence-electron chi connectivity index (χ2n) is 8.05. The molecule has 5 aromatic rings. The summed E-state index contributed by atoms with van der Waals surface area (Å²) >= 11 is 0. The van der Waals surface area contributed by atoms with Crippen LogP contribution in [0.25, 0.3) is 11.1 Å². The molecule has 0 aliphatic carbocycles. The van der Waals surface area contributed by atoms with Crippen LogP contribution in [-0.2, 0) is 5.41 Å². The van der Waals surface area contributed by atoms with Crippen LogP contribution in [-0.4, -0.2) is 0 Å². The molecule has 0 aromatic heterocycles. The molecule has 0 spiro atoms. The van der Waals surface area contributed by atoms with Gasteiger partial charge in [-0.15, -0.1) is 0 Å². The van der Waals surface area contributed by atoms with Crippen LogP contribution in [0.2, 0.25) is 0 Å². The predicted octanol–water partition coefficient (Wildman–Crippen LogP) is 7.32. The summed E-state index contributed by atoms with van der Waals surface area (Å²) in [7, 11) is 0. The van der Waals surface area contributed by atoms with E-state index < -0.39 is 5.41 Å². The van der Waals surface area contributed by atoms with Gasteiger partial charge in [0, 0.05) is 5.69 Å². The third-order valence-electron chi connectivity index (χ3n) is 6.18. The molecule has 1 nitrogen and oxygen atoms in total. The van der Waals surface area contributed by atoms with E-state index in [0.29, 0.717) is 0 Å². The number of nitrogen functional groups attached to an aromatic ring is 1. The first kappa shape index (κ1) is 19.8. The minimum Gasteiger partial charge on any atom is -0.399 e. The van der Waals surface area contributed by atoms with Crippen molar-refractivity contribution in [2.45, 2.75) is 5.41 Å². The minimum atomic E-state index is -0.413. The zero-order chi connectivity index (χ0) is 21.8. The van der Waals surface area contributed by atoms with E-state index in [4.69, 9.17) is 5.73 Å². The average molecular weight is 412 g/mol. The van der Waals surface area contributed by atoms with E-state index in [2.05, 4.69) is 127 Å². The fourth-order valence-electron chi connectivity index (χ4n) is 4.65. The second-order valence-corrected chi connectivity index (χ2v) is 8.05. The molecule has 5 rings (SSSR count). The van der Waals surface area contributed by atoms with Gasteiger partial charge in [0.25, 0.3) is 0 Å². The van der Waals surface area contributed by atoms with E-state index in [1.807, 2.05) is 12.1 Å². The summed E-state index contributed by atoms with van der Waals surface area (Å²) in [6.07, 6.45) is 0. The molecule has 0 saturated carbocycles. The van der Waals surface area contributed by atoms with Gasteiger partial charge in [-0.2, -0.15) is 0 Å². The van der Waals surface area contributed by atoms with Crippen LogP contribution in [0.15, 0.2) is 140 Å². The fraction of sp³-hybridized carbons (Fsp3) is 0.0323. The van der Waals surface area contributed by atoms with E-state index in [1.54, 1.807) is 0 Å². The summed E-state index contributed by atoms with van der Waals surface area (Å²) in [4.78, 5) is 0. The largest absolute Gasteiger partial charge is 0.399 e. The van der Waals surface area contributed by atoms with E-state index in [-0.39, 0.29) is 0 Å². The van der Waals surface area contributed by atoms with Gasteiger partial charge in [-0.1, -0.05) is 127 Å². The first-order valence-electron chi connectivity index (χ1n) is 10.9. The lowest BCUT2D eigenvalue weighted by Crippen LogP contribution is -2.30. The Morgan fingerprint density at radius 1 is 0.344 bits per heavy atom. The molecule has 5 aromatic carbocycles. The summed E-state index contributed by atoms with van der Waals surface area (Å²) in [6.45, 7) is 0. The SMILES string of the molecule is Nc1ccc(-c2ccc(C(c3ccccc3)(c3ccccc3)c3ccccc3)cc2)cc1. The molecule has 0 atom stereocenters. The molecular weight excluding hydrogens is 386 g/mol. The van der Waals surface area contributed by atoms with Gasteiger partial charge in [-0.3, -0.25) is 0 Å². The van der Waals surface area contributed by atoms with Crippen molar-refractivity contribution in [3.63, 3.8) is 0 Å². The number of benzene rings is 5. The second kappa shape index (κ2) is 8.56. The van der Waals surface area contributed by atoms with Gasteiger partial charge in [-0.25, -0.2) is 0 Å². The molecule has 0 aliphatic rings. The minimum absolute atomic E-state index is 0.413. The lowest BCUT2D eigenvalue weighted by atomic mass is 9.65. The fourth-order valence-corrected chi connectivity index (χ4v) is 4.65. The van der Waals surface area contributed by atoms with Gasteiger partial charge >= 0.3 is 0 Å². The van der Waals surface area contributed by atoms with Gasteiger partial charge in [0.2, 0.25) is 0 Å². The number of hydrogen-bond donors (Lipinski definition) is 1. The van der Waals surface area contributed by atoms with Gasteiger partial charge < -0.3 is 5.73 Å². The maximum Gasteiger partial charge on any atom is 0.0701 e. The van der Waals surface area contributed by atoms with Crippen molar-refractivity contribution in [1.82, 2.24) is 0 Å². The van der Waals surface area contributed by atoms with Crippen molar-refractivity contribution in [3.05, 3.63) is 162 Å². The van der Waals surface area contributed by atoms with Crippen LogP contribution >= 0.6 is 0 Å². The molecule has 1 heteroatoms. The summed E-state index contributed by atoms with van der Waals surface area (Å²) in [5.41, 5.74) is 13.6. The van der Waals surface area contributed by atoms with Crippen molar-refractivity contribution in [1.29, 1.82) is 0 Å². The van der Waals surface area contributed by atoms with Crippen LogP contribution in [0, 0.1) is 0 Å². The highest BCUT2D eigenvalue weighted by Crippen LogP contribution is 2.45. The molecule has 0 heterocycles. The summed E-state index contributed by atoms with van der Waals surface area (Å²) in [5.74, 6) is 0. The van der Waals surface area contributed by atoms with Gasteiger partial charge in [0.15, 0.2) is 0 Å². The Morgan fingerprint density at radius 2 is 0.656 bits per heavy atom. The quantitative estimate of drug-likeness (QED) is 0.238. The highest BCUT2D eigenvalue weighted by molar-refractivity contribution is 5.68. The Balaban J connectivity index is 1.76. The molecule has 0 bridgehead atoms. The van der Waals surface area contributed by atoms with Crippen LogP contribution in [0.3, 0.4) is 0 Å². The summed E-state index contributed by atoms with van der Waals surface area (Å²) in [6, 6.07) is 49.4. The summed E-state index contributed by atoms with van der Waals surface area (Å²) < 4.78 is 0. The van der Waals surface area contributed by atoms with Gasteiger partial charge in [0.1, 0.15) is 0 Å². The van der Waals surface area contributed by atoms with E-state index in [9.17, 15) is 0 Å². The Bertz CT molecular complexity index is 1180. The zero-order valence-electron chi connectivity index (χ0n) is 17.9. The molecule has 0 unspecified atom stereocenters. The van der Waals surface area contributed by atoms with E-state index in [0.717, 1.165) is 11.3 Å². The number of anilines is 1. The maximum atomic E-state index is 5.88. The number of hydrogen-bond acceptors (Lipinski definition) is 1. The van der Waals surface area contributed by atoms with Crippen LogP contribution in [0.4, 0.5) is 5.69 Å². The lowest BCUT2D eigenvalue weighted by molar-refractivity contribution is 0.745. The normalized spacial score (nSPS) is 11.2. The van der Waals surface area contributed by atoms with Crippen LogP contribution < -0.4 is 5.73 Å². The monoisotopic (exact) mass is 411 g/mol. The van der Waals surface area contributed by atoms with Crippen molar-refractivity contribution in [3.8, 4) is 11.1 Å². The molecule has 0 fully saturated rings. The Hall–Kier alpha value is -4.10. The first-order valence-corrected chi connectivity index (χ1v) is 10.9. The van der Waals surface area contributed by atoms with E-state index >= 15 is 0 Å². The highest BCUT2D eigenvalue weighted by Gasteiger charge is 2.38. The maximum absolute atomic E-state index is 5.88. The summed E-state index contributed by atoms with van der Waals surface area (Å²) in [5, 5.41) is 0. The van der Waals surface area contributed by atoms with Gasteiger partial charge in [-0.05, 0) is 45.5 Å². The first-order chi connectivity index (χ1) is 15.8. The predicted molar refractivity (Wildman–Crippen MR) is 135 cm³/mol. The third-order valence-corrected chi connectivity index (χ3v) is 6.18. The van der Waals surface area contributed by atoms with Crippen molar-refractivity contribution >= 4 is 5.69 Å². The van der Waals surface area contributed by atoms with Crippen molar-refractivity contribution < 1.29 is 0 Å². The smallest absolute Gasteiger partial charge is 0.0701 e. The molecule has 0 radical (unpaired) electrons. The van der Waals surface area contributed by atoms with Crippen LogP contribution in [0.1, 0.15) is 22.3 Å². The Morgan fingerprint density at radius 3 is 1.03 bits per heavy atom. The topological polar surface area (TPSA) is 26.0 Å². The van der Waals surface area contributed by atoms with Gasteiger partial charge in [0.05, 0.1) is 5.41 Å². The molecule has 32 heavy (non-hydrogen) atoms. The molecule has 0 saturated heterocycles. The Labute approximate surface area is 189 Å². The lowest BCUT2D eigenvalue weighted by Gasteiger charge is -2.37. The highest BCUT2D eigenvalue weighted by atomic mass is 14.5. The molecule has 0 amide bonds. The molecule has 2 N–H and O–H groups in total. The molecular formula is C31H25N.